The minimum absolute atomic E-state index is 0. The first kappa shape index (κ1) is 20.2. The van der Waals surface area contributed by atoms with Gasteiger partial charge in [0, 0.05) is 37.2 Å². The molecule has 1 aromatic carbocycles. The molecule has 6 heteroatoms. The lowest BCUT2D eigenvalue weighted by atomic mass is 9.65. The second-order valence-electron chi connectivity index (χ2n) is 8.23. The Morgan fingerprint density at radius 2 is 1.93 bits per heavy atom. The Morgan fingerprint density at radius 3 is 2.59 bits per heavy atom. The molecular weight excluding hydrogens is 362 g/mol. The average molecular weight is 392 g/mol. The topological polar surface area (TPSA) is 75.4 Å². The zero-order valence-electron chi connectivity index (χ0n) is 15.7. The first-order chi connectivity index (χ1) is 12.6. The van der Waals surface area contributed by atoms with Crippen LogP contribution < -0.4 is 16.0 Å². The number of benzene rings is 1. The minimum Gasteiger partial charge on any atom is -0.352 e. The van der Waals surface area contributed by atoms with Crippen LogP contribution in [-0.2, 0) is 16.1 Å². The Balaban J connectivity index is 0.00000210. The molecule has 1 saturated heterocycles. The molecule has 27 heavy (non-hydrogen) atoms. The van der Waals surface area contributed by atoms with Crippen LogP contribution in [0.1, 0.15) is 50.5 Å². The van der Waals surface area contributed by atoms with Crippen molar-refractivity contribution in [2.24, 2.45) is 23.5 Å². The van der Waals surface area contributed by atoms with Gasteiger partial charge in [0.25, 0.3) is 0 Å². The van der Waals surface area contributed by atoms with Crippen LogP contribution in [-0.4, -0.2) is 24.4 Å². The molecule has 3 aliphatic rings. The third-order valence-corrected chi connectivity index (χ3v) is 6.55. The van der Waals surface area contributed by atoms with Gasteiger partial charge in [0.05, 0.1) is 0 Å². The summed E-state index contributed by atoms with van der Waals surface area (Å²) in [4.78, 5) is 26.5. The van der Waals surface area contributed by atoms with Gasteiger partial charge in [-0.25, -0.2) is 0 Å². The van der Waals surface area contributed by atoms with E-state index < -0.39 is 0 Å². The molecule has 0 aromatic heterocycles. The Morgan fingerprint density at radius 1 is 1.19 bits per heavy atom. The fraction of sp³-hybridized carbons (Fsp3) is 0.619. The van der Waals surface area contributed by atoms with E-state index in [2.05, 4.69) is 5.32 Å². The normalized spacial score (nSPS) is 30.0. The van der Waals surface area contributed by atoms with E-state index in [1.165, 1.54) is 19.3 Å². The van der Waals surface area contributed by atoms with E-state index in [1.54, 1.807) is 0 Å². The van der Waals surface area contributed by atoms with Gasteiger partial charge in [-0.05, 0) is 61.6 Å². The van der Waals surface area contributed by atoms with Crippen molar-refractivity contribution >= 4 is 29.9 Å². The second-order valence-corrected chi connectivity index (χ2v) is 8.23. The zero-order chi connectivity index (χ0) is 18.1. The van der Waals surface area contributed by atoms with Gasteiger partial charge in [0.1, 0.15) is 0 Å². The number of nitrogens with zero attached hydrogens (tertiary/aromatic N) is 1. The summed E-state index contributed by atoms with van der Waals surface area (Å²) in [6.45, 7) is 1.31. The van der Waals surface area contributed by atoms with Crippen molar-refractivity contribution in [2.45, 2.75) is 57.5 Å². The number of nitrogens with two attached hydrogens (primary N) is 1. The van der Waals surface area contributed by atoms with Crippen LogP contribution in [0.15, 0.2) is 24.3 Å². The van der Waals surface area contributed by atoms with Crippen LogP contribution in [0.25, 0.3) is 0 Å². The fourth-order valence-corrected chi connectivity index (χ4v) is 5.09. The Labute approximate surface area is 167 Å². The summed E-state index contributed by atoms with van der Waals surface area (Å²) in [5.74, 6) is 1.49. The molecule has 3 fully saturated rings. The summed E-state index contributed by atoms with van der Waals surface area (Å²) >= 11 is 0. The molecule has 0 radical (unpaired) electrons. The zero-order valence-corrected chi connectivity index (χ0v) is 16.5. The second kappa shape index (κ2) is 8.61. The minimum atomic E-state index is 0. The maximum Gasteiger partial charge on any atom is 0.227 e. The fourth-order valence-electron chi connectivity index (χ4n) is 5.09. The van der Waals surface area contributed by atoms with Crippen molar-refractivity contribution < 1.29 is 9.59 Å². The van der Waals surface area contributed by atoms with Crippen LogP contribution in [0.5, 0.6) is 0 Å². The van der Waals surface area contributed by atoms with Gasteiger partial charge in [-0.3, -0.25) is 9.59 Å². The van der Waals surface area contributed by atoms with E-state index in [-0.39, 0.29) is 30.1 Å². The molecule has 1 aliphatic heterocycles. The molecule has 4 rings (SSSR count). The van der Waals surface area contributed by atoms with Gasteiger partial charge < -0.3 is 16.0 Å². The first-order valence-corrected chi connectivity index (χ1v) is 10.0. The van der Waals surface area contributed by atoms with E-state index in [0.29, 0.717) is 30.8 Å². The number of amides is 2. The summed E-state index contributed by atoms with van der Waals surface area (Å²) < 4.78 is 0. The number of halogens is 1. The average Bonchev–Trinajstić information content (AvgIpc) is 3.06. The number of carbonyl (C=O) groups is 2. The highest BCUT2D eigenvalue weighted by Gasteiger charge is 2.40. The Bertz CT molecular complexity index is 682. The van der Waals surface area contributed by atoms with Crippen molar-refractivity contribution in [3.8, 4) is 0 Å². The van der Waals surface area contributed by atoms with E-state index >= 15 is 0 Å². The molecule has 3 N–H and O–H groups in total. The third-order valence-electron chi connectivity index (χ3n) is 6.55. The molecule has 2 atom stereocenters. The van der Waals surface area contributed by atoms with Crippen molar-refractivity contribution in [1.82, 2.24) is 5.32 Å². The first-order valence-electron chi connectivity index (χ1n) is 10.0. The van der Waals surface area contributed by atoms with Gasteiger partial charge in [-0.1, -0.05) is 18.6 Å². The summed E-state index contributed by atoms with van der Waals surface area (Å²) in [6.07, 6.45) is 7.04. The van der Waals surface area contributed by atoms with Crippen molar-refractivity contribution in [3.63, 3.8) is 0 Å². The molecule has 1 aromatic rings. The van der Waals surface area contributed by atoms with Gasteiger partial charge in [-0.2, -0.15) is 0 Å². The molecule has 0 spiro atoms. The molecule has 1 heterocycles. The SMILES string of the molecule is Cl.NC1C2CCCC1CC(C(=O)NCc1cccc(N3CCCC3=O)c1)C2. The van der Waals surface area contributed by atoms with Crippen LogP contribution >= 0.6 is 12.4 Å². The smallest absolute Gasteiger partial charge is 0.227 e. The number of hydrogen-bond acceptors (Lipinski definition) is 3. The number of hydrogen-bond donors (Lipinski definition) is 2. The van der Waals surface area contributed by atoms with Crippen LogP contribution in [0, 0.1) is 17.8 Å². The standard InChI is InChI=1S/C21H29N3O2.ClH/c22-20-15-5-2-6-16(20)12-17(11-15)21(26)23-13-14-4-1-7-18(10-14)24-9-3-8-19(24)25;/h1,4,7,10,15-17,20H,2-3,5-6,8-9,11-13,22H2,(H,23,26);1H. The number of nitrogens with one attached hydrogen (secondary N) is 1. The van der Waals surface area contributed by atoms with Crippen LogP contribution in [0.2, 0.25) is 0 Å². The lowest BCUT2D eigenvalue weighted by Gasteiger charge is -2.43. The van der Waals surface area contributed by atoms with Crippen molar-refractivity contribution in [1.29, 1.82) is 0 Å². The molecule has 2 amide bonds. The summed E-state index contributed by atoms with van der Waals surface area (Å²) in [5.41, 5.74) is 8.32. The summed E-state index contributed by atoms with van der Waals surface area (Å²) in [5, 5.41) is 3.12. The molecule has 5 nitrogen and oxygen atoms in total. The lowest BCUT2D eigenvalue weighted by molar-refractivity contribution is -0.128. The van der Waals surface area contributed by atoms with E-state index in [9.17, 15) is 9.59 Å². The highest BCUT2D eigenvalue weighted by Crippen LogP contribution is 2.41. The van der Waals surface area contributed by atoms with E-state index in [0.717, 1.165) is 37.1 Å². The predicted molar refractivity (Wildman–Crippen MR) is 109 cm³/mol. The van der Waals surface area contributed by atoms with Gasteiger partial charge in [0.15, 0.2) is 0 Å². The quantitative estimate of drug-likeness (QED) is 0.828. The van der Waals surface area contributed by atoms with E-state index in [1.807, 2.05) is 29.2 Å². The molecule has 2 saturated carbocycles. The highest BCUT2D eigenvalue weighted by molar-refractivity contribution is 5.95. The van der Waals surface area contributed by atoms with Crippen molar-refractivity contribution in [3.05, 3.63) is 29.8 Å². The lowest BCUT2D eigenvalue weighted by Crippen LogP contribution is -2.49. The van der Waals surface area contributed by atoms with Gasteiger partial charge >= 0.3 is 0 Å². The molecule has 2 unspecified atom stereocenters. The number of anilines is 1. The molecular formula is C21H30ClN3O2. The molecule has 2 bridgehead atoms. The van der Waals surface area contributed by atoms with Crippen LogP contribution in [0.4, 0.5) is 5.69 Å². The number of fused-ring (bicyclic) bond motifs is 2. The third kappa shape index (κ3) is 4.30. The largest absolute Gasteiger partial charge is 0.352 e. The monoisotopic (exact) mass is 391 g/mol. The number of carbonyl (C=O) groups excluding carboxylic acids is 2. The predicted octanol–water partition coefficient (Wildman–Crippen LogP) is 3.01. The van der Waals surface area contributed by atoms with E-state index in [4.69, 9.17) is 5.73 Å². The van der Waals surface area contributed by atoms with Gasteiger partial charge in [-0.15, -0.1) is 12.4 Å². The summed E-state index contributed by atoms with van der Waals surface area (Å²) in [7, 11) is 0. The summed E-state index contributed by atoms with van der Waals surface area (Å²) in [6, 6.07) is 8.26. The van der Waals surface area contributed by atoms with Crippen LogP contribution in [0.3, 0.4) is 0 Å². The van der Waals surface area contributed by atoms with Crippen molar-refractivity contribution in [2.75, 3.05) is 11.4 Å². The Kier molecular flexibility index (Phi) is 6.43. The Hall–Kier alpha value is -1.59. The maximum absolute atomic E-state index is 12.7. The van der Waals surface area contributed by atoms with Gasteiger partial charge in [0.2, 0.25) is 11.8 Å². The maximum atomic E-state index is 12.7. The highest BCUT2D eigenvalue weighted by atomic mass is 35.5. The molecule has 148 valence electrons. The molecule has 2 aliphatic carbocycles. The number of rotatable bonds is 4.